The Morgan fingerprint density at radius 3 is 2.83 bits per heavy atom. The number of aromatic nitrogens is 2. The molecule has 0 amide bonds. The van der Waals surface area contributed by atoms with Gasteiger partial charge in [0.15, 0.2) is 0 Å². The van der Waals surface area contributed by atoms with Crippen molar-refractivity contribution in [2.75, 3.05) is 6.61 Å². The first kappa shape index (κ1) is 12.5. The first-order valence-electron chi connectivity index (χ1n) is 5.35. The molecular formula is C11H11FN2O4. The zero-order valence-corrected chi connectivity index (χ0v) is 9.38. The normalized spacial score (nSPS) is 22.9. The molecule has 1 aromatic heterocycles. The van der Waals surface area contributed by atoms with Gasteiger partial charge in [-0.2, -0.15) is 0 Å². The van der Waals surface area contributed by atoms with E-state index in [9.17, 15) is 14.1 Å². The number of terminal acetylenes is 1. The molecule has 96 valence electrons. The third-order valence-corrected chi connectivity index (χ3v) is 2.82. The first-order valence-corrected chi connectivity index (χ1v) is 5.35. The van der Waals surface area contributed by atoms with Gasteiger partial charge < -0.3 is 9.84 Å². The van der Waals surface area contributed by atoms with Gasteiger partial charge in [-0.15, -0.1) is 6.42 Å². The summed E-state index contributed by atoms with van der Waals surface area (Å²) < 4.78 is 19.6. The lowest BCUT2D eigenvalue weighted by Gasteiger charge is -2.15. The minimum Gasteiger partial charge on any atom is -0.394 e. The molecule has 7 heteroatoms. The maximum Gasteiger partial charge on any atom is 0.362 e. The summed E-state index contributed by atoms with van der Waals surface area (Å²) in [5, 5.41) is 8.93. The quantitative estimate of drug-likeness (QED) is 0.715. The Kier molecular flexibility index (Phi) is 3.32. The van der Waals surface area contributed by atoms with Crippen LogP contribution >= 0.6 is 0 Å². The van der Waals surface area contributed by atoms with Gasteiger partial charge >= 0.3 is 11.2 Å². The van der Waals surface area contributed by atoms with Gasteiger partial charge in [0, 0.05) is 6.20 Å². The van der Waals surface area contributed by atoms with E-state index in [4.69, 9.17) is 16.3 Å². The maximum atomic E-state index is 13.3. The zero-order chi connectivity index (χ0) is 13.3. The van der Waals surface area contributed by atoms with Crippen molar-refractivity contribution in [1.82, 2.24) is 9.36 Å². The number of hydrogen-bond acceptors (Lipinski definition) is 4. The molecule has 2 heterocycles. The molecule has 6 nitrogen and oxygen atoms in total. The minimum atomic E-state index is -1.16. The molecule has 0 radical (unpaired) electrons. The van der Waals surface area contributed by atoms with Crippen LogP contribution in [0.5, 0.6) is 0 Å². The molecule has 1 saturated heterocycles. The third-order valence-electron chi connectivity index (χ3n) is 2.82. The van der Waals surface area contributed by atoms with Crippen molar-refractivity contribution in [3.63, 3.8) is 0 Å². The van der Waals surface area contributed by atoms with Gasteiger partial charge in [0.2, 0.25) is 0 Å². The van der Waals surface area contributed by atoms with Gasteiger partial charge in [0.1, 0.15) is 11.8 Å². The molecule has 0 aromatic carbocycles. The molecule has 0 spiro atoms. The van der Waals surface area contributed by atoms with Crippen LogP contribution in [-0.4, -0.2) is 27.2 Å². The Balaban J connectivity index is 2.47. The molecule has 18 heavy (non-hydrogen) atoms. The van der Waals surface area contributed by atoms with Crippen LogP contribution in [0.2, 0.25) is 0 Å². The number of ether oxygens (including phenoxy) is 1. The Bertz CT molecular complexity index is 613. The van der Waals surface area contributed by atoms with Crippen molar-refractivity contribution in [3.8, 4) is 12.3 Å². The Labute approximate surface area is 101 Å². The van der Waals surface area contributed by atoms with Gasteiger partial charge in [-0.3, -0.25) is 9.36 Å². The second-order valence-electron chi connectivity index (χ2n) is 3.94. The maximum absolute atomic E-state index is 13.3. The molecule has 0 unspecified atom stereocenters. The van der Waals surface area contributed by atoms with Crippen molar-refractivity contribution < 1.29 is 14.3 Å². The number of hydrogen-bond donors (Lipinski definition) is 1. The van der Waals surface area contributed by atoms with Crippen LogP contribution in [0.1, 0.15) is 24.6 Å². The van der Waals surface area contributed by atoms with E-state index in [1.165, 1.54) is 0 Å². The summed E-state index contributed by atoms with van der Waals surface area (Å²) in [4.78, 5) is 22.3. The molecule has 1 aliphatic rings. The lowest BCUT2D eigenvalue weighted by atomic mass is 10.2. The van der Waals surface area contributed by atoms with E-state index in [2.05, 4.69) is 0 Å². The molecular weight excluding hydrogens is 243 g/mol. The van der Waals surface area contributed by atoms with Crippen LogP contribution in [0.15, 0.2) is 15.8 Å². The van der Waals surface area contributed by atoms with Gasteiger partial charge in [-0.1, -0.05) is 15.2 Å². The summed E-state index contributed by atoms with van der Waals surface area (Å²) in [5.74, 6) is 2.01. The average Bonchev–Trinajstić information content (AvgIpc) is 2.85. The van der Waals surface area contributed by atoms with E-state index < -0.39 is 28.4 Å². The first-order chi connectivity index (χ1) is 8.58. The van der Waals surface area contributed by atoms with Crippen molar-refractivity contribution in [1.29, 1.82) is 0 Å². The Morgan fingerprint density at radius 1 is 1.56 bits per heavy atom. The zero-order valence-electron chi connectivity index (χ0n) is 9.38. The monoisotopic (exact) mass is 254 g/mol. The SMILES string of the molecule is C#Cc1cn([C@H]2CC[C@@H](CO)O2)c(=O)n(F)c1=O. The summed E-state index contributed by atoms with van der Waals surface area (Å²) in [7, 11) is 0. The molecule has 2 atom stereocenters. The smallest absolute Gasteiger partial charge is 0.362 e. The Hall–Kier alpha value is -1.91. The molecule has 2 rings (SSSR count). The van der Waals surface area contributed by atoms with Crippen LogP contribution < -0.4 is 11.2 Å². The highest BCUT2D eigenvalue weighted by Crippen LogP contribution is 2.26. The second-order valence-corrected chi connectivity index (χ2v) is 3.94. The fourth-order valence-corrected chi connectivity index (χ4v) is 1.87. The summed E-state index contributed by atoms with van der Waals surface area (Å²) >= 11 is 0. The fraction of sp³-hybridized carbons (Fsp3) is 0.455. The summed E-state index contributed by atoms with van der Waals surface area (Å²) in [6, 6.07) is 0. The number of nitrogens with zero attached hydrogens (tertiary/aromatic N) is 2. The van der Waals surface area contributed by atoms with Crippen LogP contribution in [0.4, 0.5) is 4.48 Å². The van der Waals surface area contributed by atoms with Crippen LogP contribution in [-0.2, 0) is 4.74 Å². The topological polar surface area (TPSA) is 73.5 Å². The average molecular weight is 254 g/mol. The molecule has 1 aliphatic heterocycles. The van der Waals surface area contributed by atoms with Crippen LogP contribution in [0, 0.1) is 12.3 Å². The molecule has 1 N–H and O–H groups in total. The summed E-state index contributed by atoms with van der Waals surface area (Å²) in [6.45, 7) is -0.178. The number of aliphatic hydroxyl groups is 1. The molecule has 1 aromatic rings. The predicted molar refractivity (Wildman–Crippen MR) is 59.6 cm³/mol. The van der Waals surface area contributed by atoms with Gasteiger partial charge in [0.05, 0.1) is 12.7 Å². The van der Waals surface area contributed by atoms with E-state index in [1.807, 2.05) is 5.92 Å². The fourth-order valence-electron chi connectivity index (χ4n) is 1.87. The van der Waals surface area contributed by atoms with Crippen molar-refractivity contribution >= 4 is 0 Å². The summed E-state index contributed by atoms with van der Waals surface area (Å²) in [6.07, 6.45) is 6.04. The lowest BCUT2D eigenvalue weighted by molar-refractivity contribution is -0.0263. The number of halogens is 1. The van der Waals surface area contributed by atoms with Gasteiger partial charge in [-0.25, -0.2) is 4.79 Å². The largest absolute Gasteiger partial charge is 0.394 e. The standard InChI is InChI=1S/C11H11FN2O4/c1-2-7-5-13(11(17)14(12)10(7)16)9-4-3-8(6-15)18-9/h1,5,8-9,15H,3-4,6H2/t8-,9+/m0/s1. The second kappa shape index (κ2) is 4.76. The van der Waals surface area contributed by atoms with Gasteiger partial charge in [-0.05, 0) is 12.8 Å². The Morgan fingerprint density at radius 2 is 2.28 bits per heavy atom. The summed E-state index contributed by atoms with van der Waals surface area (Å²) in [5.41, 5.74) is -2.55. The van der Waals surface area contributed by atoms with Gasteiger partial charge in [0.25, 0.3) is 0 Å². The van der Waals surface area contributed by atoms with E-state index in [0.717, 1.165) is 10.8 Å². The van der Waals surface area contributed by atoms with Crippen molar-refractivity contribution in [3.05, 3.63) is 32.6 Å². The predicted octanol–water partition coefficient (Wildman–Crippen LogP) is -0.606. The number of rotatable bonds is 2. The highest BCUT2D eigenvalue weighted by molar-refractivity contribution is 5.26. The van der Waals surface area contributed by atoms with Crippen LogP contribution in [0.25, 0.3) is 0 Å². The molecule has 0 aliphatic carbocycles. The van der Waals surface area contributed by atoms with E-state index in [-0.39, 0.29) is 12.2 Å². The minimum absolute atomic E-state index is 0.178. The van der Waals surface area contributed by atoms with Crippen molar-refractivity contribution in [2.45, 2.75) is 25.2 Å². The van der Waals surface area contributed by atoms with E-state index in [1.54, 1.807) is 0 Å². The molecule has 1 fully saturated rings. The third kappa shape index (κ3) is 1.96. The lowest BCUT2D eigenvalue weighted by Crippen LogP contribution is -2.39. The van der Waals surface area contributed by atoms with E-state index >= 15 is 0 Å². The van der Waals surface area contributed by atoms with E-state index in [0.29, 0.717) is 12.8 Å². The molecule has 0 saturated carbocycles. The highest BCUT2D eigenvalue weighted by atomic mass is 19.2. The molecule has 0 bridgehead atoms. The van der Waals surface area contributed by atoms with Crippen LogP contribution in [0.3, 0.4) is 0 Å². The van der Waals surface area contributed by atoms with Crippen molar-refractivity contribution in [2.24, 2.45) is 0 Å². The number of aliphatic hydroxyl groups excluding tert-OH is 1. The highest BCUT2D eigenvalue weighted by Gasteiger charge is 2.28.